The molecular weight excluding hydrogens is 304 g/mol. The van der Waals surface area contributed by atoms with Gasteiger partial charge in [0.25, 0.3) is 0 Å². The zero-order valence-corrected chi connectivity index (χ0v) is 13.5. The molecule has 0 aliphatic carbocycles. The molecule has 0 bridgehead atoms. The molecule has 1 aromatic carbocycles. The molecule has 0 spiro atoms. The Labute approximate surface area is 135 Å². The summed E-state index contributed by atoms with van der Waals surface area (Å²) in [4.78, 5) is 15.6. The summed E-state index contributed by atoms with van der Waals surface area (Å²) in [6.45, 7) is 4.40. The topological polar surface area (TPSA) is 44.8 Å². The van der Waals surface area contributed by atoms with Crippen LogP contribution in [0.4, 0.5) is 19.3 Å². The summed E-state index contributed by atoms with van der Waals surface area (Å²) >= 11 is 0. The molecule has 128 valence electrons. The van der Waals surface area contributed by atoms with Crippen molar-refractivity contribution in [3.05, 3.63) is 29.8 Å². The predicted octanol–water partition coefficient (Wildman–Crippen LogP) is 2.22. The molecule has 0 aromatic heterocycles. The van der Waals surface area contributed by atoms with E-state index in [2.05, 4.69) is 5.32 Å². The molecule has 2 rings (SSSR count). The minimum absolute atomic E-state index is 0.0288. The monoisotopic (exact) mass is 327 g/mol. The van der Waals surface area contributed by atoms with Crippen molar-refractivity contribution in [2.24, 2.45) is 0 Å². The van der Waals surface area contributed by atoms with E-state index in [1.54, 1.807) is 16.9 Å². The molecule has 1 aliphatic rings. The van der Waals surface area contributed by atoms with Crippen LogP contribution in [0.25, 0.3) is 0 Å². The first-order valence-corrected chi connectivity index (χ1v) is 7.75. The lowest BCUT2D eigenvalue weighted by molar-refractivity contribution is 0.173. The molecule has 0 radical (unpaired) electrons. The number of benzene rings is 1. The average Bonchev–Trinajstić information content (AvgIpc) is 2.55. The second-order valence-electron chi connectivity index (χ2n) is 5.70. The lowest BCUT2D eigenvalue weighted by atomic mass is 10.2. The van der Waals surface area contributed by atoms with Crippen LogP contribution >= 0.6 is 0 Å². The van der Waals surface area contributed by atoms with Crippen LogP contribution in [-0.2, 0) is 4.74 Å². The Hall–Kier alpha value is -1.89. The fraction of sp³-hybridized carbons (Fsp3) is 0.562. The third kappa shape index (κ3) is 4.79. The zero-order chi connectivity index (χ0) is 16.8. The minimum Gasteiger partial charge on any atom is -0.385 e. The highest BCUT2D eigenvalue weighted by Crippen LogP contribution is 2.21. The molecule has 2 amide bonds. The Balaban J connectivity index is 1.86. The molecule has 23 heavy (non-hydrogen) atoms. The van der Waals surface area contributed by atoms with Crippen LogP contribution in [0, 0.1) is 11.6 Å². The molecule has 1 aromatic rings. The van der Waals surface area contributed by atoms with Gasteiger partial charge in [-0.25, -0.2) is 13.6 Å². The quantitative estimate of drug-likeness (QED) is 0.902. The normalized spacial score (nSPS) is 16.3. The number of nitrogens with zero attached hydrogens (tertiary/aromatic N) is 2. The SMILES string of the molecule is COCC[C@H](C)NC(=O)N1CCN(c2cc(F)ccc2F)CC1. The molecule has 1 saturated heterocycles. The maximum absolute atomic E-state index is 13.8. The standard InChI is InChI=1S/C16H23F2N3O2/c1-12(5-10-23-2)19-16(22)21-8-6-20(7-9-21)15-11-13(17)3-4-14(15)18/h3-4,11-12H,5-10H2,1-2H3,(H,19,22)/t12-/m0/s1. The largest absolute Gasteiger partial charge is 0.385 e. The van der Waals surface area contributed by atoms with Gasteiger partial charge in [-0.2, -0.15) is 0 Å². The van der Waals surface area contributed by atoms with Gasteiger partial charge in [-0.3, -0.25) is 0 Å². The summed E-state index contributed by atoms with van der Waals surface area (Å²) in [6.07, 6.45) is 0.747. The van der Waals surface area contributed by atoms with E-state index in [0.717, 1.165) is 18.6 Å². The van der Waals surface area contributed by atoms with E-state index in [4.69, 9.17) is 4.74 Å². The molecule has 1 atom stereocenters. The molecular formula is C16H23F2N3O2. The van der Waals surface area contributed by atoms with Crippen molar-refractivity contribution in [1.82, 2.24) is 10.2 Å². The molecule has 5 nitrogen and oxygen atoms in total. The number of ether oxygens (including phenoxy) is 1. The molecule has 1 heterocycles. The van der Waals surface area contributed by atoms with Gasteiger partial charge in [-0.1, -0.05) is 0 Å². The summed E-state index contributed by atoms with van der Waals surface area (Å²) in [6, 6.07) is 3.32. The first kappa shape index (κ1) is 17.5. The van der Waals surface area contributed by atoms with E-state index in [9.17, 15) is 13.6 Å². The highest BCUT2D eigenvalue weighted by Gasteiger charge is 2.23. The zero-order valence-electron chi connectivity index (χ0n) is 13.5. The number of hydrogen-bond donors (Lipinski definition) is 1. The maximum Gasteiger partial charge on any atom is 0.317 e. The Morgan fingerprint density at radius 1 is 1.30 bits per heavy atom. The minimum atomic E-state index is -0.464. The molecule has 1 N–H and O–H groups in total. The molecule has 1 fully saturated rings. The van der Waals surface area contributed by atoms with Crippen molar-refractivity contribution < 1.29 is 18.3 Å². The van der Waals surface area contributed by atoms with E-state index < -0.39 is 11.6 Å². The lowest BCUT2D eigenvalue weighted by Crippen LogP contribution is -2.53. The van der Waals surface area contributed by atoms with Crippen LogP contribution in [0.5, 0.6) is 0 Å². The highest BCUT2D eigenvalue weighted by atomic mass is 19.1. The Bertz CT molecular complexity index is 534. The fourth-order valence-corrected chi connectivity index (χ4v) is 2.55. The molecule has 0 unspecified atom stereocenters. The van der Waals surface area contributed by atoms with Gasteiger partial charge in [0, 0.05) is 52.0 Å². The average molecular weight is 327 g/mol. The number of nitrogens with one attached hydrogen (secondary N) is 1. The highest BCUT2D eigenvalue weighted by molar-refractivity contribution is 5.74. The molecule has 7 heteroatoms. The number of methoxy groups -OCH3 is 1. The van der Waals surface area contributed by atoms with Crippen molar-refractivity contribution >= 4 is 11.7 Å². The van der Waals surface area contributed by atoms with Crippen molar-refractivity contribution in [3.8, 4) is 0 Å². The number of carbonyl (C=O) groups is 1. The summed E-state index contributed by atoms with van der Waals surface area (Å²) in [5, 5.41) is 2.91. The van der Waals surface area contributed by atoms with Crippen molar-refractivity contribution in [2.45, 2.75) is 19.4 Å². The van der Waals surface area contributed by atoms with Crippen molar-refractivity contribution in [3.63, 3.8) is 0 Å². The summed E-state index contributed by atoms with van der Waals surface area (Å²) in [7, 11) is 1.62. The first-order valence-electron chi connectivity index (χ1n) is 7.75. The van der Waals surface area contributed by atoms with Crippen LogP contribution in [-0.4, -0.2) is 56.9 Å². The second-order valence-corrected chi connectivity index (χ2v) is 5.70. The van der Waals surface area contributed by atoms with E-state index >= 15 is 0 Å². The molecule has 1 aliphatic heterocycles. The summed E-state index contributed by atoms with van der Waals surface area (Å²) in [5.41, 5.74) is 0.249. The van der Waals surface area contributed by atoms with Crippen LogP contribution in [0.2, 0.25) is 0 Å². The van der Waals surface area contributed by atoms with Gasteiger partial charge in [-0.05, 0) is 25.5 Å². The van der Waals surface area contributed by atoms with Crippen LogP contribution in [0.1, 0.15) is 13.3 Å². The van der Waals surface area contributed by atoms with E-state index in [1.165, 1.54) is 6.07 Å². The molecule has 0 saturated carbocycles. The van der Waals surface area contributed by atoms with E-state index in [-0.39, 0.29) is 17.8 Å². The van der Waals surface area contributed by atoms with Gasteiger partial charge in [0.2, 0.25) is 0 Å². The van der Waals surface area contributed by atoms with Crippen molar-refractivity contribution in [2.75, 3.05) is 44.8 Å². The van der Waals surface area contributed by atoms with Gasteiger partial charge in [-0.15, -0.1) is 0 Å². The Morgan fingerprint density at radius 2 is 2.00 bits per heavy atom. The number of hydrogen-bond acceptors (Lipinski definition) is 3. The number of piperazine rings is 1. The smallest absolute Gasteiger partial charge is 0.317 e. The lowest BCUT2D eigenvalue weighted by Gasteiger charge is -2.36. The number of urea groups is 1. The second kappa shape index (κ2) is 8.10. The Morgan fingerprint density at radius 3 is 2.65 bits per heavy atom. The van der Waals surface area contributed by atoms with Crippen LogP contribution in [0.15, 0.2) is 18.2 Å². The predicted molar refractivity (Wildman–Crippen MR) is 84.6 cm³/mol. The van der Waals surface area contributed by atoms with Gasteiger partial charge in [0.05, 0.1) is 5.69 Å². The van der Waals surface area contributed by atoms with Gasteiger partial charge in [0.15, 0.2) is 0 Å². The Kier molecular flexibility index (Phi) is 6.15. The van der Waals surface area contributed by atoms with E-state index in [1.807, 2.05) is 6.92 Å². The number of halogens is 2. The maximum atomic E-state index is 13.8. The first-order chi connectivity index (χ1) is 11.0. The van der Waals surface area contributed by atoms with Crippen LogP contribution < -0.4 is 10.2 Å². The van der Waals surface area contributed by atoms with Crippen molar-refractivity contribution in [1.29, 1.82) is 0 Å². The number of rotatable bonds is 5. The number of amides is 2. The van der Waals surface area contributed by atoms with Gasteiger partial charge < -0.3 is 19.9 Å². The van der Waals surface area contributed by atoms with Crippen LogP contribution in [0.3, 0.4) is 0 Å². The number of anilines is 1. The van der Waals surface area contributed by atoms with E-state index in [0.29, 0.717) is 32.8 Å². The fourth-order valence-electron chi connectivity index (χ4n) is 2.55. The summed E-state index contributed by atoms with van der Waals surface area (Å²) in [5.74, 6) is -0.911. The third-order valence-corrected chi connectivity index (χ3v) is 3.94. The van der Waals surface area contributed by atoms with Gasteiger partial charge >= 0.3 is 6.03 Å². The third-order valence-electron chi connectivity index (χ3n) is 3.94. The number of carbonyl (C=O) groups excluding carboxylic acids is 1. The van der Waals surface area contributed by atoms with Gasteiger partial charge in [0.1, 0.15) is 11.6 Å². The summed E-state index contributed by atoms with van der Waals surface area (Å²) < 4.78 is 32.0.